The van der Waals surface area contributed by atoms with E-state index in [1.807, 2.05) is 24.3 Å². The Labute approximate surface area is 91.1 Å². The van der Waals surface area contributed by atoms with E-state index < -0.39 is 5.72 Å². The lowest BCUT2D eigenvalue weighted by molar-refractivity contribution is 0.0181. The van der Waals surface area contributed by atoms with E-state index in [0.29, 0.717) is 5.75 Å². The van der Waals surface area contributed by atoms with Gasteiger partial charge in [0.15, 0.2) is 0 Å². The Bertz CT molecular complexity index is 310. The molecule has 3 nitrogen and oxygen atoms in total. The van der Waals surface area contributed by atoms with Crippen molar-refractivity contribution >= 4 is 0 Å². The molecule has 1 aromatic carbocycles. The van der Waals surface area contributed by atoms with Crippen molar-refractivity contribution in [1.29, 1.82) is 0 Å². The second-order valence-corrected chi connectivity index (χ2v) is 3.70. The second kappa shape index (κ2) is 5.14. The van der Waals surface area contributed by atoms with Gasteiger partial charge in [0.1, 0.15) is 11.5 Å². The number of hydrogen-bond acceptors (Lipinski definition) is 3. The zero-order valence-electron chi connectivity index (χ0n) is 9.58. The fourth-order valence-corrected chi connectivity index (χ4v) is 1.51. The van der Waals surface area contributed by atoms with Crippen LogP contribution in [-0.2, 0) is 5.72 Å². The van der Waals surface area contributed by atoms with Crippen molar-refractivity contribution in [3.05, 3.63) is 29.8 Å². The van der Waals surface area contributed by atoms with E-state index in [4.69, 9.17) is 4.74 Å². The van der Waals surface area contributed by atoms with E-state index in [-0.39, 0.29) is 0 Å². The molecule has 0 aliphatic heterocycles. The molecule has 0 fully saturated rings. The molecule has 84 valence electrons. The Hall–Kier alpha value is -1.06. The van der Waals surface area contributed by atoms with Gasteiger partial charge in [-0.05, 0) is 26.0 Å². The van der Waals surface area contributed by atoms with Crippen molar-refractivity contribution in [2.45, 2.75) is 26.0 Å². The maximum Gasteiger partial charge on any atom is 0.142 e. The maximum atomic E-state index is 10.2. The quantitative estimate of drug-likeness (QED) is 0.727. The van der Waals surface area contributed by atoms with Crippen LogP contribution in [0.1, 0.15) is 25.8 Å². The molecule has 3 heteroatoms. The first-order valence-corrected chi connectivity index (χ1v) is 5.22. The number of para-hydroxylation sites is 1. The fourth-order valence-electron chi connectivity index (χ4n) is 1.51. The summed E-state index contributed by atoms with van der Waals surface area (Å²) in [5.74, 6) is 0.700. The SMILES string of the molecule is CCCNC(C)(O)c1ccccc1OC. The lowest BCUT2D eigenvalue weighted by Crippen LogP contribution is -2.39. The molecule has 0 bridgehead atoms. The number of methoxy groups -OCH3 is 1. The lowest BCUT2D eigenvalue weighted by Gasteiger charge is -2.26. The molecule has 1 rings (SSSR count). The van der Waals surface area contributed by atoms with Gasteiger partial charge in [-0.15, -0.1) is 0 Å². The molecule has 1 atom stereocenters. The summed E-state index contributed by atoms with van der Waals surface area (Å²) >= 11 is 0. The Kier molecular flexibility index (Phi) is 4.12. The first kappa shape index (κ1) is 12.0. The van der Waals surface area contributed by atoms with Crippen LogP contribution in [0.5, 0.6) is 5.75 Å². The molecule has 1 aromatic rings. The molecule has 15 heavy (non-hydrogen) atoms. The van der Waals surface area contributed by atoms with E-state index in [1.165, 1.54) is 0 Å². The van der Waals surface area contributed by atoms with E-state index in [1.54, 1.807) is 14.0 Å². The van der Waals surface area contributed by atoms with E-state index in [0.717, 1.165) is 18.5 Å². The van der Waals surface area contributed by atoms with Crippen molar-refractivity contribution in [3.63, 3.8) is 0 Å². The minimum Gasteiger partial charge on any atom is -0.496 e. The maximum absolute atomic E-state index is 10.2. The van der Waals surface area contributed by atoms with E-state index >= 15 is 0 Å². The Balaban J connectivity index is 2.92. The summed E-state index contributed by atoms with van der Waals surface area (Å²) in [6.45, 7) is 4.57. The Morgan fingerprint density at radius 1 is 1.40 bits per heavy atom. The van der Waals surface area contributed by atoms with E-state index in [9.17, 15) is 5.11 Å². The highest BCUT2D eigenvalue weighted by Gasteiger charge is 2.25. The van der Waals surface area contributed by atoms with Crippen LogP contribution in [0.4, 0.5) is 0 Å². The highest BCUT2D eigenvalue weighted by molar-refractivity contribution is 5.37. The van der Waals surface area contributed by atoms with Crippen LogP contribution in [0.25, 0.3) is 0 Å². The van der Waals surface area contributed by atoms with Crippen LogP contribution < -0.4 is 10.1 Å². The molecule has 0 heterocycles. The van der Waals surface area contributed by atoms with Crippen LogP contribution in [0.3, 0.4) is 0 Å². The Morgan fingerprint density at radius 3 is 2.67 bits per heavy atom. The standard InChI is InChI=1S/C12H19NO2/c1-4-9-13-12(2,14)10-7-5-6-8-11(10)15-3/h5-8,13-14H,4,9H2,1-3H3. The number of rotatable bonds is 5. The van der Waals surface area contributed by atoms with Gasteiger partial charge in [0.05, 0.1) is 7.11 Å². The molecule has 1 unspecified atom stereocenters. The highest BCUT2D eigenvalue weighted by Crippen LogP contribution is 2.27. The first-order valence-electron chi connectivity index (χ1n) is 5.22. The van der Waals surface area contributed by atoms with Crippen molar-refractivity contribution in [1.82, 2.24) is 5.32 Å². The van der Waals surface area contributed by atoms with Crippen LogP contribution >= 0.6 is 0 Å². The smallest absolute Gasteiger partial charge is 0.142 e. The predicted molar refractivity (Wildman–Crippen MR) is 60.9 cm³/mol. The van der Waals surface area contributed by atoms with Gasteiger partial charge in [0, 0.05) is 5.56 Å². The fraction of sp³-hybridized carbons (Fsp3) is 0.500. The molecule has 0 saturated carbocycles. The normalized spacial score (nSPS) is 14.7. The minimum absolute atomic E-state index is 0.700. The van der Waals surface area contributed by atoms with Crippen molar-refractivity contribution in [2.24, 2.45) is 0 Å². The summed E-state index contributed by atoms with van der Waals surface area (Å²) in [5, 5.41) is 13.3. The summed E-state index contributed by atoms with van der Waals surface area (Å²) in [7, 11) is 1.61. The van der Waals surface area contributed by atoms with Gasteiger partial charge in [-0.2, -0.15) is 0 Å². The average molecular weight is 209 g/mol. The number of aliphatic hydroxyl groups is 1. The molecule has 0 aromatic heterocycles. The van der Waals surface area contributed by atoms with Crippen LogP contribution in [0.15, 0.2) is 24.3 Å². The van der Waals surface area contributed by atoms with Gasteiger partial charge in [-0.3, -0.25) is 5.32 Å². The van der Waals surface area contributed by atoms with Crippen molar-refractivity contribution in [3.8, 4) is 5.75 Å². The molecule has 0 radical (unpaired) electrons. The highest BCUT2D eigenvalue weighted by atomic mass is 16.5. The molecule has 0 aliphatic rings. The number of hydrogen-bond donors (Lipinski definition) is 2. The average Bonchev–Trinajstić information content (AvgIpc) is 2.26. The van der Waals surface area contributed by atoms with Crippen molar-refractivity contribution in [2.75, 3.05) is 13.7 Å². The largest absolute Gasteiger partial charge is 0.496 e. The first-order chi connectivity index (χ1) is 7.11. The molecule has 0 saturated heterocycles. The van der Waals surface area contributed by atoms with Crippen LogP contribution in [0, 0.1) is 0 Å². The van der Waals surface area contributed by atoms with Gasteiger partial charge < -0.3 is 9.84 Å². The number of ether oxygens (including phenoxy) is 1. The Morgan fingerprint density at radius 2 is 2.07 bits per heavy atom. The van der Waals surface area contributed by atoms with Crippen LogP contribution in [0.2, 0.25) is 0 Å². The van der Waals surface area contributed by atoms with Gasteiger partial charge in [0.25, 0.3) is 0 Å². The second-order valence-electron chi connectivity index (χ2n) is 3.70. The summed E-state index contributed by atoms with van der Waals surface area (Å²) in [6, 6.07) is 7.48. The third kappa shape index (κ3) is 2.94. The third-order valence-electron chi connectivity index (χ3n) is 2.35. The zero-order valence-corrected chi connectivity index (χ0v) is 9.58. The molecule has 0 aliphatic carbocycles. The summed E-state index contributed by atoms with van der Waals surface area (Å²) in [4.78, 5) is 0. The molecule has 0 amide bonds. The summed E-state index contributed by atoms with van der Waals surface area (Å²) in [6.07, 6.45) is 0.977. The summed E-state index contributed by atoms with van der Waals surface area (Å²) in [5.41, 5.74) is -0.274. The van der Waals surface area contributed by atoms with Gasteiger partial charge in [-0.25, -0.2) is 0 Å². The van der Waals surface area contributed by atoms with Gasteiger partial charge >= 0.3 is 0 Å². The molecular weight excluding hydrogens is 190 g/mol. The van der Waals surface area contributed by atoms with Crippen LogP contribution in [-0.4, -0.2) is 18.8 Å². The van der Waals surface area contributed by atoms with Gasteiger partial charge in [-0.1, -0.05) is 25.1 Å². The molecular formula is C12H19NO2. The van der Waals surface area contributed by atoms with Crippen molar-refractivity contribution < 1.29 is 9.84 Å². The number of benzene rings is 1. The van der Waals surface area contributed by atoms with Gasteiger partial charge in [0.2, 0.25) is 0 Å². The topological polar surface area (TPSA) is 41.5 Å². The third-order valence-corrected chi connectivity index (χ3v) is 2.35. The predicted octanol–water partition coefficient (Wildman–Crippen LogP) is 1.86. The summed E-state index contributed by atoms with van der Waals surface area (Å²) < 4.78 is 5.21. The molecule has 0 spiro atoms. The monoisotopic (exact) mass is 209 g/mol. The zero-order chi connectivity index (χ0) is 11.3. The number of nitrogens with one attached hydrogen (secondary N) is 1. The van der Waals surface area contributed by atoms with E-state index in [2.05, 4.69) is 12.2 Å². The lowest BCUT2D eigenvalue weighted by atomic mass is 10.0. The minimum atomic E-state index is -1.04. The molecule has 2 N–H and O–H groups in total.